The zero-order valence-corrected chi connectivity index (χ0v) is 13.3. The molecule has 1 aromatic carbocycles. The second-order valence-electron chi connectivity index (χ2n) is 4.87. The minimum Gasteiger partial charge on any atom is -0.369 e. The number of nitrogens with zero attached hydrogens (tertiary/aromatic N) is 4. The number of aromatic nitrogens is 4. The third-order valence-electron chi connectivity index (χ3n) is 3.39. The summed E-state index contributed by atoms with van der Waals surface area (Å²) >= 11 is 12.4. The summed E-state index contributed by atoms with van der Waals surface area (Å²) in [4.78, 5) is 4.46. The molecule has 0 saturated heterocycles. The number of imidazole rings is 1. The number of hydrogen-bond acceptors (Lipinski definition) is 3. The molecule has 0 atom stereocenters. The van der Waals surface area contributed by atoms with Crippen molar-refractivity contribution in [3.05, 3.63) is 33.9 Å². The van der Waals surface area contributed by atoms with Gasteiger partial charge in [-0.3, -0.25) is 4.57 Å². The van der Waals surface area contributed by atoms with E-state index >= 15 is 0 Å². The van der Waals surface area contributed by atoms with Crippen LogP contribution in [0.2, 0.25) is 10.0 Å². The van der Waals surface area contributed by atoms with Crippen LogP contribution in [0.25, 0.3) is 16.9 Å². The first kappa shape index (κ1) is 14.2. The van der Waals surface area contributed by atoms with Crippen LogP contribution in [-0.4, -0.2) is 19.3 Å². The lowest BCUT2D eigenvalue weighted by atomic mass is 10.2. The summed E-state index contributed by atoms with van der Waals surface area (Å²) in [7, 11) is 1.87. The topological polar surface area (TPSA) is 61.7 Å². The van der Waals surface area contributed by atoms with E-state index in [0.717, 1.165) is 29.7 Å². The molecule has 5 nitrogen and oxygen atoms in total. The highest BCUT2D eigenvalue weighted by atomic mass is 35.5. The molecule has 0 bridgehead atoms. The first-order valence-corrected chi connectivity index (χ1v) is 7.44. The number of nitrogens with two attached hydrogens (primary N) is 1. The standard InChI is InChI=1S/C14H15Cl2N5/c1-3-5-9-12-13(20(2)19-9)21(14(17)18-12)10-7-4-6-8(15)11(10)16/h4,6-7H,3,5H2,1-2H3,(H2,17,18). The molecule has 2 aromatic heterocycles. The molecule has 2 heterocycles. The van der Waals surface area contributed by atoms with Crippen LogP contribution < -0.4 is 5.73 Å². The Kier molecular flexibility index (Phi) is 3.55. The minimum absolute atomic E-state index is 0.375. The number of hydrogen-bond donors (Lipinski definition) is 1. The largest absolute Gasteiger partial charge is 0.369 e. The van der Waals surface area contributed by atoms with Gasteiger partial charge in [0.15, 0.2) is 5.65 Å². The van der Waals surface area contributed by atoms with E-state index in [4.69, 9.17) is 28.9 Å². The van der Waals surface area contributed by atoms with Gasteiger partial charge in [0, 0.05) is 7.05 Å². The summed E-state index contributed by atoms with van der Waals surface area (Å²) in [6.45, 7) is 2.11. The van der Waals surface area contributed by atoms with Gasteiger partial charge in [0.1, 0.15) is 5.52 Å². The zero-order chi connectivity index (χ0) is 15.1. The molecule has 7 heteroatoms. The van der Waals surface area contributed by atoms with Gasteiger partial charge in [-0.05, 0) is 18.6 Å². The van der Waals surface area contributed by atoms with Crippen LogP contribution in [0.1, 0.15) is 19.0 Å². The first-order valence-electron chi connectivity index (χ1n) is 6.68. The number of rotatable bonds is 3. The molecule has 2 N–H and O–H groups in total. The molecule has 0 saturated carbocycles. The van der Waals surface area contributed by atoms with Gasteiger partial charge < -0.3 is 5.73 Å². The van der Waals surface area contributed by atoms with Gasteiger partial charge in [0.25, 0.3) is 0 Å². The van der Waals surface area contributed by atoms with Crippen molar-refractivity contribution < 1.29 is 0 Å². The molecule has 0 amide bonds. The summed E-state index contributed by atoms with van der Waals surface area (Å²) in [6.07, 6.45) is 1.86. The highest BCUT2D eigenvalue weighted by molar-refractivity contribution is 6.43. The van der Waals surface area contributed by atoms with Gasteiger partial charge in [-0.25, -0.2) is 9.67 Å². The maximum absolute atomic E-state index is 6.31. The SMILES string of the molecule is CCCc1nn(C)c2c1nc(N)n2-c1cccc(Cl)c1Cl. The summed E-state index contributed by atoms with van der Waals surface area (Å²) in [5, 5.41) is 5.45. The second-order valence-corrected chi connectivity index (χ2v) is 5.66. The van der Waals surface area contributed by atoms with E-state index in [1.54, 1.807) is 15.3 Å². The van der Waals surface area contributed by atoms with Gasteiger partial charge in [0.2, 0.25) is 5.95 Å². The minimum atomic E-state index is 0.375. The Balaban J connectivity index is 2.33. The normalized spacial score (nSPS) is 11.4. The van der Waals surface area contributed by atoms with Crippen molar-refractivity contribution in [1.29, 1.82) is 0 Å². The fraction of sp³-hybridized carbons (Fsp3) is 0.286. The van der Waals surface area contributed by atoms with Crippen molar-refractivity contribution in [2.45, 2.75) is 19.8 Å². The summed E-state index contributed by atoms with van der Waals surface area (Å²) < 4.78 is 3.57. The van der Waals surface area contributed by atoms with Gasteiger partial charge in [-0.1, -0.05) is 42.6 Å². The molecular weight excluding hydrogens is 309 g/mol. The molecular formula is C14H15Cl2N5. The lowest BCUT2D eigenvalue weighted by molar-refractivity contribution is 0.738. The smallest absolute Gasteiger partial charge is 0.207 e. The van der Waals surface area contributed by atoms with Crippen LogP contribution in [0, 0.1) is 0 Å². The summed E-state index contributed by atoms with van der Waals surface area (Å²) in [6, 6.07) is 5.43. The van der Waals surface area contributed by atoms with E-state index < -0.39 is 0 Å². The fourth-order valence-electron chi connectivity index (χ4n) is 2.50. The Morgan fingerprint density at radius 3 is 2.76 bits per heavy atom. The summed E-state index contributed by atoms with van der Waals surface area (Å²) in [5.74, 6) is 0.375. The second kappa shape index (κ2) is 5.24. The fourth-order valence-corrected chi connectivity index (χ4v) is 2.88. The molecule has 0 aliphatic rings. The summed E-state index contributed by atoms with van der Waals surface area (Å²) in [5.41, 5.74) is 9.37. The number of aryl methyl sites for hydroxylation is 2. The van der Waals surface area contributed by atoms with Crippen LogP contribution in [0.4, 0.5) is 5.95 Å². The lowest BCUT2D eigenvalue weighted by Crippen LogP contribution is -2.05. The van der Waals surface area contributed by atoms with Crippen molar-refractivity contribution in [3.8, 4) is 5.69 Å². The Hall–Kier alpha value is -1.72. The van der Waals surface area contributed by atoms with E-state index in [-0.39, 0.29) is 0 Å². The first-order chi connectivity index (χ1) is 10.0. The van der Waals surface area contributed by atoms with Crippen LogP contribution in [0.3, 0.4) is 0 Å². The van der Waals surface area contributed by atoms with E-state index in [2.05, 4.69) is 17.0 Å². The molecule has 0 aliphatic heterocycles. The Morgan fingerprint density at radius 2 is 2.05 bits per heavy atom. The van der Waals surface area contributed by atoms with Crippen molar-refractivity contribution in [2.75, 3.05) is 5.73 Å². The predicted octanol–water partition coefficient (Wildman–Crippen LogP) is 3.60. The van der Waals surface area contributed by atoms with Crippen LogP contribution in [0.15, 0.2) is 18.2 Å². The Morgan fingerprint density at radius 1 is 1.29 bits per heavy atom. The molecule has 0 fully saturated rings. The third kappa shape index (κ3) is 2.17. The van der Waals surface area contributed by atoms with Crippen LogP contribution in [-0.2, 0) is 13.5 Å². The van der Waals surface area contributed by atoms with Crippen molar-refractivity contribution in [3.63, 3.8) is 0 Å². The predicted molar refractivity (Wildman–Crippen MR) is 86.3 cm³/mol. The third-order valence-corrected chi connectivity index (χ3v) is 4.20. The molecule has 3 rings (SSSR count). The molecule has 0 radical (unpaired) electrons. The van der Waals surface area contributed by atoms with Gasteiger partial charge >= 0.3 is 0 Å². The average molecular weight is 324 g/mol. The number of fused-ring (bicyclic) bond motifs is 1. The number of benzene rings is 1. The highest BCUT2D eigenvalue weighted by Crippen LogP contribution is 2.33. The molecule has 0 spiro atoms. The molecule has 0 aliphatic carbocycles. The van der Waals surface area contributed by atoms with Crippen LogP contribution in [0.5, 0.6) is 0 Å². The van der Waals surface area contributed by atoms with Crippen molar-refractivity contribution in [2.24, 2.45) is 7.05 Å². The quantitative estimate of drug-likeness (QED) is 0.801. The average Bonchev–Trinajstić information content (AvgIpc) is 2.92. The molecule has 3 aromatic rings. The van der Waals surface area contributed by atoms with E-state index in [1.807, 2.05) is 19.2 Å². The van der Waals surface area contributed by atoms with Crippen molar-refractivity contribution in [1.82, 2.24) is 19.3 Å². The number of anilines is 1. The van der Waals surface area contributed by atoms with E-state index in [0.29, 0.717) is 21.7 Å². The maximum Gasteiger partial charge on any atom is 0.207 e. The Labute approximate surface area is 132 Å². The van der Waals surface area contributed by atoms with E-state index in [1.165, 1.54) is 0 Å². The molecule has 0 unspecified atom stereocenters. The lowest BCUT2D eigenvalue weighted by Gasteiger charge is -2.09. The zero-order valence-electron chi connectivity index (χ0n) is 11.8. The number of halogens is 2. The van der Waals surface area contributed by atoms with E-state index in [9.17, 15) is 0 Å². The molecule has 110 valence electrons. The van der Waals surface area contributed by atoms with Gasteiger partial charge in [-0.2, -0.15) is 5.10 Å². The monoisotopic (exact) mass is 323 g/mol. The van der Waals surface area contributed by atoms with Gasteiger partial charge in [0.05, 0.1) is 21.4 Å². The van der Waals surface area contributed by atoms with Crippen LogP contribution >= 0.6 is 23.2 Å². The van der Waals surface area contributed by atoms with Crippen molar-refractivity contribution >= 4 is 40.3 Å². The maximum atomic E-state index is 6.31. The number of nitrogen functional groups attached to an aromatic ring is 1. The highest BCUT2D eigenvalue weighted by Gasteiger charge is 2.20. The molecule has 21 heavy (non-hydrogen) atoms. The Bertz CT molecular complexity index is 818. The van der Waals surface area contributed by atoms with Gasteiger partial charge in [-0.15, -0.1) is 0 Å².